The van der Waals surface area contributed by atoms with Crippen molar-refractivity contribution in [3.05, 3.63) is 29.8 Å². The minimum Gasteiger partial charge on any atom is -0.508 e. The summed E-state index contributed by atoms with van der Waals surface area (Å²) in [4.78, 5) is 23.0. The third-order valence-electron chi connectivity index (χ3n) is 2.72. The second-order valence-corrected chi connectivity index (χ2v) is 5.55. The van der Waals surface area contributed by atoms with Crippen molar-refractivity contribution in [3.63, 3.8) is 0 Å². The van der Waals surface area contributed by atoms with Gasteiger partial charge in [0.15, 0.2) is 0 Å². The molecule has 0 fully saturated rings. The molecule has 0 saturated carbocycles. The van der Waals surface area contributed by atoms with Crippen molar-refractivity contribution in [2.24, 2.45) is 5.41 Å². The first kappa shape index (κ1) is 15.0. The molecule has 1 atom stereocenters. The summed E-state index contributed by atoms with van der Waals surface area (Å²) in [6.45, 7) is 5.27. The van der Waals surface area contributed by atoms with Crippen LogP contribution < -0.4 is 5.32 Å². The largest absolute Gasteiger partial charge is 0.508 e. The van der Waals surface area contributed by atoms with E-state index in [1.54, 1.807) is 32.9 Å². The fraction of sp³-hybridized carbons (Fsp3) is 0.429. The van der Waals surface area contributed by atoms with Gasteiger partial charge in [0.25, 0.3) is 0 Å². The van der Waals surface area contributed by atoms with Crippen molar-refractivity contribution >= 4 is 11.9 Å². The average molecular weight is 265 g/mol. The van der Waals surface area contributed by atoms with E-state index in [2.05, 4.69) is 5.32 Å². The Hall–Kier alpha value is -2.04. The van der Waals surface area contributed by atoms with Crippen molar-refractivity contribution in [3.8, 4) is 5.75 Å². The average Bonchev–Trinajstić information content (AvgIpc) is 2.27. The van der Waals surface area contributed by atoms with Gasteiger partial charge in [0.2, 0.25) is 5.91 Å². The summed E-state index contributed by atoms with van der Waals surface area (Å²) < 4.78 is 0. The SMILES string of the molecule is CC(C)(C)C(NC(=O)Cc1ccc(O)cc1)C(=O)O. The molecule has 19 heavy (non-hydrogen) atoms. The summed E-state index contributed by atoms with van der Waals surface area (Å²) in [5.74, 6) is -1.28. The Bertz CT molecular complexity index is 459. The highest BCUT2D eigenvalue weighted by Crippen LogP contribution is 2.19. The maximum absolute atomic E-state index is 11.8. The van der Waals surface area contributed by atoms with Crippen molar-refractivity contribution in [1.29, 1.82) is 0 Å². The van der Waals surface area contributed by atoms with E-state index >= 15 is 0 Å². The van der Waals surface area contributed by atoms with Gasteiger partial charge in [0, 0.05) is 0 Å². The standard InChI is InChI=1S/C14H19NO4/c1-14(2,3)12(13(18)19)15-11(17)8-9-4-6-10(16)7-5-9/h4-7,12,16H,8H2,1-3H3,(H,15,17)(H,18,19). The molecule has 0 aliphatic rings. The molecule has 1 rings (SSSR count). The highest BCUT2D eigenvalue weighted by atomic mass is 16.4. The topological polar surface area (TPSA) is 86.6 Å². The monoisotopic (exact) mass is 265 g/mol. The first-order valence-electron chi connectivity index (χ1n) is 6.00. The number of carbonyl (C=O) groups is 2. The summed E-state index contributed by atoms with van der Waals surface area (Å²) in [7, 11) is 0. The molecule has 3 N–H and O–H groups in total. The summed E-state index contributed by atoms with van der Waals surface area (Å²) in [6, 6.07) is 5.29. The molecule has 1 unspecified atom stereocenters. The molecule has 0 spiro atoms. The van der Waals surface area contributed by atoms with Gasteiger partial charge < -0.3 is 15.5 Å². The third kappa shape index (κ3) is 4.62. The summed E-state index contributed by atoms with van der Waals surface area (Å²) in [6.07, 6.45) is 0.0835. The molecule has 1 aromatic carbocycles. The lowest BCUT2D eigenvalue weighted by Gasteiger charge is -2.27. The zero-order chi connectivity index (χ0) is 14.6. The van der Waals surface area contributed by atoms with Crippen LogP contribution in [-0.4, -0.2) is 28.1 Å². The molecular formula is C14H19NO4. The number of rotatable bonds is 4. The van der Waals surface area contributed by atoms with Crippen LogP contribution in [0.25, 0.3) is 0 Å². The number of hydrogen-bond acceptors (Lipinski definition) is 3. The quantitative estimate of drug-likeness (QED) is 0.771. The van der Waals surface area contributed by atoms with E-state index in [4.69, 9.17) is 10.2 Å². The van der Waals surface area contributed by atoms with Gasteiger partial charge in [-0.25, -0.2) is 4.79 Å². The molecule has 5 heteroatoms. The van der Waals surface area contributed by atoms with Crippen LogP contribution in [0.1, 0.15) is 26.3 Å². The van der Waals surface area contributed by atoms with Crippen LogP contribution in [0.5, 0.6) is 5.75 Å². The Kier molecular flexibility index (Phi) is 4.53. The number of aliphatic carboxylic acids is 1. The number of carboxylic acid groups (broad SMARTS) is 1. The van der Waals surface area contributed by atoms with Gasteiger partial charge in [-0.3, -0.25) is 4.79 Å². The second kappa shape index (κ2) is 5.73. The van der Waals surface area contributed by atoms with Gasteiger partial charge in [-0.15, -0.1) is 0 Å². The van der Waals surface area contributed by atoms with E-state index in [0.29, 0.717) is 5.56 Å². The van der Waals surface area contributed by atoms with Crippen LogP contribution in [-0.2, 0) is 16.0 Å². The fourth-order valence-electron chi connectivity index (χ4n) is 1.66. The molecule has 0 aromatic heterocycles. The van der Waals surface area contributed by atoms with Crippen molar-refractivity contribution in [2.45, 2.75) is 33.2 Å². The molecule has 5 nitrogen and oxygen atoms in total. The fourth-order valence-corrected chi connectivity index (χ4v) is 1.66. The van der Waals surface area contributed by atoms with Crippen LogP contribution in [0.4, 0.5) is 0 Å². The minimum atomic E-state index is -1.05. The molecular weight excluding hydrogens is 246 g/mol. The van der Waals surface area contributed by atoms with Gasteiger partial charge in [0.05, 0.1) is 6.42 Å². The maximum Gasteiger partial charge on any atom is 0.326 e. The first-order chi connectivity index (χ1) is 8.70. The summed E-state index contributed by atoms with van der Waals surface area (Å²) >= 11 is 0. The number of carboxylic acids is 1. The number of carbonyl (C=O) groups excluding carboxylic acids is 1. The molecule has 0 heterocycles. The number of amides is 1. The van der Waals surface area contributed by atoms with Gasteiger partial charge >= 0.3 is 5.97 Å². The minimum absolute atomic E-state index is 0.0835. The number of nitrogens with one attached hydrogen (secondary N) is 1. The van der Waals surface area contributed by atoms with E-state index in [9.17, 15) is 9.59 Å². The normalized spacial score (nSPS) is 12.8. The van der Waals surface area contributed by atoms with E-state index in [1.807, 2.05) is 0 Å². The number of benzene rings is 1. The van der Waals surface area contributed by atoms with Crippen molar-refractivity contribution in [2.75, 3.05) is 0 Å². The van der Waals surface area contributed by atoms with E-state index in [-0.39, 0.29) is 18.1 Å². The zero-order valence-electron chi connectivity index (χ0n) is 11.3. The Morgan fingerprint density at radius 2 is 1.74 bits per heavy atom. The van der Waals surface area contributed by atoms with Gasteiger partial charge in [0.1, 0.15) is 11.8 Å². The Labute approximate surface area is 112 Å². The van der Waals surface area contributed by atoms with Crippen LogP contribution in [0.15, 0.2) is 24.3 Å². The van der Waals surface area contributed by atoms with Crippen LogP contribution in [0, 0.1) is 5.41 Å². The van der Waals surface area contributed by atoms with Crippen LogP contribution in [0.2, 0.25) is 0 Å². The van der Waals surface area contributed by atoms with E-state index in [1.165, 1.54) is 12.1 Å². The number of phenolic OH excluding ortho intramolecular Hbond substituents is 1. The molecule has 0 aliphatic carbocycles. The summed E-state index contributed by atoms with van der Waals surface area (Å²) in [5.41, 5.74) is 0.157. The maximum atomic E-state index is 11.8. The molecule has 0 radical (unpaired) electrons. The Balaban J connectivity index is 2.68. The predicted molar refractivity (Wildman–Crippen MR) is 70.8 cm³/mol. The highest BCUT2D eigenvalue weighted by Gasteiger charge is 2.32. The van der Waals surface area contributed by atoms with Crippen molar-refractivity contribution in [1.82, 2.24) is 5.32 Å². The lowest BCUT2D eigenvalue weighted by molar-refractivity contribution is -0.144. The predicted octanol–water partition coefficient (Wildman–Crippen LogP) is 1.55. The Morgan fingerprint density at radius 1 is 1.21 bits per heavy atom. The summed E-state index contributed by atoms with van der Waals surface area (Å²) in [5, 5.41) is 20.8. The molecule has 104 valence electrons. The van der Waals surface area contributed by atoms with E-state index in [0.717, 1.165) is 0 Å². The molecule has 1 amide bonds. The molecule has 1 aromatic rings. The number of aromatic hydroxyl groups is 1. The van der Waals surface area contributed by atoms with Gasteiger partial charge in [-0.05, 0) is 23.1 Å². The number of phenols is 1. The second-order valence-electron chi connectivity index (χ2n) is 5.55. The Morgan fingerprint density at radius 3 is 2.16 bits per heavy atom. The lowest BCUT2D eigenvalue weighted by atomic mass is 9.86. The van der Waals surface area contributed by atoms with E-state index < -0.39 is 17.4 Å². The van der Waals surface area contributed by atoms with Crippen molar-refractivity contribution < 1.29 is 19.8 Å². The van der Waals surface area contributed by atoms with Crippen LogP contribution >= 0.6 is 0 Å². The smallest absolute Gasteiger partial charge is 0.326 e. The van der Waals surface area contributed by atoms with Gasteiger partial charge in [-0.1, -0.05) is 32.9 Å². The van der Waals surface area contributed by atoms with Crippen LogP contribution in [0.3, 0.4) is 0 Å². The first-order valence-corrected chi connectivity index (χ1v) is 6.00. The highest BCUT2D eigenvalue weighted by molar-refractivity contribution is 5.85. The number of hydrogen-bond donors (Lipinski definition) is 3. The van der Waals surface area contributed by atoms with Gasteiger partial charge in [-0.2, -0.15) is 0 Å². The molecule has 0 aliphatic heterocycles. The lowest BCUT2D eigenvalue weighted by Crippen LogP contribution is -2.49. The molecule has 0 saturated heterocycles. The third-order valence-corrected chi connectivity index (χ3v) is 2.72. The zero-order valence-corrected chi connectivity index (χ0v) is 11.3. The molecule has 0 bridgehead atoms.